The van der Waals surface area contributed by atoms with Crippen molar-refractivity contribution in [1.82, 2.24) is 15.3 Å². The summed E-state index contributed by atoms with van der Waals surface area (Å²) in [7, 11) is 0. The number of aromatic nitrogens is 2. The van der Waals surface area contributed by atoms with Gasteiger partial charge in [-0.3, -0.25) is 19.6 Å². The highest BCUT2D eigenvalue weighted by molar-refractivity contribution is 7.11. The van der Waals surface area contributed by atoms with E-state index < -0.39 is 40.4 Å². The highest BCUT2D eigenvalue weighted by Gasteiger charge is 2.51. The van der Waals surface area contributed by atoms with Crippen molar-refractivity contribution < 1.29 is 31.5 Å². The van der Waals surface area contributed by atoms with Gasteiger partial charge in [0.05, 0.1) is 51.2 Å². The topological polar surface area (TPSA) is 84.0 Å². The van der Waals surface area contributed by atoms with E-state index in [-0.39, 0.29) is 30.1 Å². The number of alkyl halides is 3. The Balaban J connectivity index is 1.41. The molecule has 0 aliphatic heterocycles. The minimum Gasteiger partial charge on any atom is -0.351 e. The normalized spacial score (nSPS) is 14.5. The van der Waals surface area contributed by atoms with Gasteiger partial charge in [-0.2, -0.15) is 13.2 Å². The van der Waals surface area contributed by atoms with Gasteiger partial charge in [0, 0.05) is 18.7 Å². The minimum absolute atomic E-state index is 0.0178. The lowest BCUT2D eigenvalue weighted by Crippen LogP contribution is -2.33. The van der Waals surface area contributed by atoms with E-state index >= 15 is 0 Å². The Kier molecular flexibility index (Phi) is 6.34. The zero-order valence-corrected chi connectivity index (χ0v) is 18.2. The van der Waals surface area contributed by atoms with Gasteiger partial charge < -0.3 is 10.6 Å². The molecule has 2 heterocycles. The summed E-state index contributed by atoms with van der Waals surface area (Å²) in [5.41, 5.74) is -1.77. The number of halogens is 5. The van der Waals surface area contributed by atoms with Crippen molar-refractivity contribution in [2.75, 3.05) is 5.32 Å². The molecule has 0 saturated heterocycles. The van der Waals surface area contributed by atoms with Crippen molar-refractivity contribution in [3.63, 3.8) is 0 Å². The van der Waals surface area contributed by atoms with E-state index in [0.717, 1.165) is 24.4 Å². The summed E-state index contributed by atoms with van der Waals surface area (Å²) < 4.78 is 68.0. The molecular weight excluding hydrogens is 479 g/mol. The third-order valence-electron chi connectivity index (χ3n) is 5.46. The number of nitrogens with zero attached hydrogens (tertiary/aromatic N) is 2. The highest BCUT2D eigenvalue weighted by atomic mass is 32.1. The van der Waals surface area contributed by atoms with E-state index in [4.69, 9.17) is 0 Å². The molecule has 178 valence electrons. The van der Waals surface area contributed by atoms with Crippen LogP contribution in [0, 0.1) is 17.0 Å². The zero-order chi connectivity index (χ0) is 24.5. The maximum absolute atomic E-state index is 14.5. The van der Waals surface area contributed by atoms with Crippen LogP contribution in [0.25, 0.3) is 0 Å². The van der Waals surface area contributed by atoms with Crippen molar-refractivity contribution in [3.8, 4) is 0 Å². The van der Waals surface area contributed by atoms with E-state index in [2.05, 4.69) is 20.6 Å². The molecule has 0 spiro atoms. The first-order valence-corrected chi connectivity index (χ1v) is 10.9. The van der Waals surface area contributed by atoms with Gasteiger partial charge >= 0.3 is 6.18 Å². The zero-order valence-electron chi connectivity index (χ0n) is 17.4. The molecule has 34 heavy (non-hydrogen) atoms. The molecule has 1 fully saturated rings. The highest BCUT2D eigenvalue weighted by Crippen LogP contribution is 2.50. The fraction of sp³-hybridized carbons (Fsp3) is 0.273. The second-order valence-corrected chi connectivity index (χ2v) is 8.75. The van der Waals surface area contributed by atoms with Crippen LogP contribution in [0.3, 0.4) is 0 Å². The van der Waals surface area contributed by atoms with Crippen LogP contribution in [0.15, 0.2) is 42.2 Å². The molecule has 2 aromatic heterocycles. The number of pyridine rings is 1. The molecule has 1 aliphatic carbocycles. The van der Waals surface area contributed by atoms with E-state index in [1.54, 1.807) is 0 Å². The minimum atomic E-state index is -4.82. The Bertz CT molecular complexity index is 1230. The van der Waals surface area contributed by atoms with Gasteiger partial charge in [0.15, 0.2) is 5.78 Å². The largest absolute Gasteiger partial charge is 0.418 e. The average molecular weight is 496 g/mol. The van der Waals surface area contributed by atoms with Crippen molar-refractivity contribution in [3.05, 3.63) is 69.9 Å². The number of para-hydroxylation sites is 1. The molecule has 3 aromatic rings. The molecule has 6 nitrogen and oxygen atoms in total. The van der Waals surface area contributed by atoms with Gasteiger partial charge in [0.1, 0.15) is 11.6 Å². The van der Waals surface area contributed by atoms with Crippen LogP contribution in [0.4, 0.5) is 33.3 Å². The van der Waals surface area contributed by atoms with Gasteiger partial charge in [0.25, 0.3) is 0 Å². The van der Waals surface area contributed by atoms with E-state index in [1.165, 1.54) is 23.0 Å². The van der Waals surface area contributed by atoms with Crippen LogP contribution in [0.1, 0.15) is 40.2 Å². The molecule has 2 N–H and O–H groups in total. The first kappa shape index (κ1) is 23.7. The summed E-state index contributed by atoms with van der Waals surface area (Å²) in [5.74, 6) is -2.66. The number of rotatable bonds is 8. The lowest BCUT2D eigenvalue weighted by molar-refractivity contribution is -0.137. The Morgan fingerprint density at radius 2 is 1.88 bits per heavy atom. The quantitative estimate of drug-likeness (QED) is 0.329. The number of benzene rings is 1. The Morgan fingerprint density at radius 3 is 2.50 bits per heavy atom. The molecule has 1 aromatic carbocycles. The van der Waals surface area contributed by atoms with Gasteiger partial charge in [-0.15, -0.1) is 11.3 Å². The molecule has 1 aliphatic rings. The molecule has 0 unspecified atom stereocenters. The van der Waals surface area contributed by atoms with E-state index in [0.29, 0.717) is 23.8 Å². The lowest BCUT2D eigenvalue weighted by Gasteiger charge is -2.16. The Morgan fingerprint density at radius 1 is 1.12 bits per heavy atom. The standard InChI is InChI=1S/C22H17F5N4O2S/c23-14-3-1-2-13(22(25,26)27)19(14)31-12-6-15(24)16(29-8-12)9-30-20(33)21(4-5-21)7-17(32)18-10-28-11-34-18/h1-3,6,8,10-11,31H,4-5,7,9H2,(H,30,33). The molecule has 12 heteroatoms. The average Bonchev–Trinajstić information content (AvgIpc) is 3.34. The second kappa shape index (κ2) is 9.09. The first-order valence-electron chi connectivity index (χ1n) is 10.1. The summed E-state index contributed by atoms with van der Waals surface area (Å²) in [4.78, 5) is 33.1. The predicted molar refractivity (Wildman–Crippen MR) is 113 cm³/mol. The summed E-state index contributed by atoms with van der Waals surface area (Å²) in [5, 5.41) is 4.79. The predicted octanol–water partition coefficient (Wildman–Crippen LogP) is 5.25. The van der Waals surface area contributed by atoms with E-state index in [1.807, 2.05) is 0 Å². The van der Waals surface area contributed by atoms with Crippen molar-refractivity contribution >= 4 is 34.4 Å². The number of carbonyl (C=O) groups is 2. The number of carbonyl (C=O) groups excluding carboxylic acids is 2. The van der Waals surface area contributed by atoms with Crippen molar-refractivity contribution in [2.45, 2.75) is 32.0 Å². The molecule has 0 bridgehead atoms. The maximum Gasteiger partial charge on any atom is 0.418 e. The first-order chi connectivity index (χ1) is 16.1. The molecule has 1 saturated carbocycles. The maximum atomic E-state index is 14.5. The Labute approximate surface area is 194 Å². The van der Waals surface area contributed by atoms with Gasteiger partial charge in [-0.1, -0.05) is 6.07 Å². The monoisotopic (exact) mass is 496 g/mol. The third kappa shape index (κ3) is 5.06. The SMILES string of the molecule is O=C(CC1(C(=O)NCc2ncc(Nc3c(F)cccc3C(F)(F)F)cc2F)CC1)c1cncs1. The molecule has 0 atom stereocenters. The number of Topliss-reactive ketones (excluding diaryl/α,β-unsaturated/α-hetero) is 1. The second-order valence-electron chi connectivity index (χ2n) is 7.87. The van der Waals surface area contributed by atoms with Crippen molar-refractivity contribution in [2.24, 2.45) is 5.41 Å². The molecule has 4 rings (SSSR count). The summed E-state index contributed by atoms with van der Waals surface area (Å²) in [6, 6.07) is 3.33. The number of anilines is 2. The summed E-state index contributed by atoms with van der Waals surface area (Å²) >= 11 is 1.18. The number of hydrogen-bond donors (Lipinski definition) is 2. The van der Waals surface area contributed by atoms with Gasteiger partial charge in [-0.05, 0) is 25.0 Å². The van der Waals surface area contributed by atoms with E-state index in [9.17, 15) is 31.5 Å². The fourth-order valence-electron chi connectivity index (χ4n) is 3.43. The molecular formula is C22H17F5N4O2S. The number of nitrogens with one attached hydrogen (secondary N) is 2. The van der Waals surface area contributed by atoms with Crippen LogP contribution in [0.5, 0.6) is 0 Å². The van der Waals surface area contributed by atoms with Crippen LogP contribution in [-0.4, -0.2) is 21.7 Å². The third-order valence-corrected chi connectivity index (χ3v) is 6.28. The van der Waals surface area contributed by atoms with Crippen LogP contribution >= 0.6 is 11.3 Å². The van der Waals surface area contributed by atoms with Crippen LogP contribution in [0.2, 0.25) is 0 Å². The number of ketones is 1. The number of amides is 1. The van der Waals surface area contributed by atoms with Gasteiger partial charge in [0.2, 0.25) is 5.91 Å². The Hall–Kier alpha value is -3.41. The summed E-state index contributed by atoms with van der Waals surface area (Å²) in [6.07, 6.45) is -1.28. The van der Waals surface area contributed by atoms with Crippen LogP contribution in [-0.2, 0) is 17.5 Å². The van der Waals surface area contributed by atoms with Crippen LogP contribution < -0.4 is 10.6 Å². The molecule has 0 radical (unpaired) electrons. The lowest BCUT2D eigenvalue weighted by atomic mass is 9.98. The summed E-state index contributed by atoms with van der Waals surface area (Å²) in [6.45, 7) is -0.283. The molecule has 1 amide bonds. The number of thiazole rings is 1. The van der Waals surface area contributed by atoms with Crippen molar-refractivity contribution in [1.29, 1.82) is 0 Å². The smallest absolute Gasteiger partial charge is 0.351 e. The number of hydrogen-bond acceptors (Lipinski definition) is 6. The fourth-order valence-corrected chi connectivity index (χ4v) is 3.99. The van der Waals surface area contributed by atoms with Gasteiger partial charge in [-0.25, -0.2) is 8.78 Å².